The van der Waals surface area contributed by atoms with Crippen LogP contribution in [0.15, 0.2) is 24.7 Å². The minimum Gasteiger partial charge on any atom is -0.330 e. The van der Waals surface area contributed by atoms with Crippen molar-refractivity contribution in [2.75, 3.05) is 20.2 Å². The van der Waals surface area contributed by atoms with Gasteiger partial charge in [0.15, 0.2) is 0 Å². The molecule has 0 amide bonds. The van der Waals surface area contributed by atoms with Crippen molar-refractivity contribution in [2.45, 2.75) is 32.2 Å². The molecule has 128 valence electrons. The second kappa shape index (κ2) is 7.65. The van der Waals surface area contributed by atoms with Crippen molar-refractivity contribution in [3.05, 3.63) is 30.4 Å². The highest BCUT2D eigenvalue weighted by Crippen LogP contribution is 2.28. The summed E-state index contributed by atoms with van der Waals surface area (Å²) >= 11 is 0. The van der Waals surface area contributed by atoms with E-state index in [2.05, 4.69) is 26.9 Å². The fourth-order valence-corrected chi connectivity index (χ4v) is 2.88. The predicted octanol–water partition coefficient (Wildman–Crippen LogP) is 1.97. The number of unbranched alkanes of at least 4 members (excludes halogenated alkanes) is 1. The SMILES string of the molecule is CONCCCCn1cnc2c(C(C)CN)nc3cccnc3c21. The summed E-state index contributed by atoms with van der Waals surface area (Å²) in [4.78, 5) is 18.8. The molecule has 0 saturated heterocycles. The highest BCUT2D eigenvalue weighted by molar-refractivity contribution is 6.00. The number of aromatic nitrogens is 4. The second-order valence-corrected chi connectivity index (χ2v) is 5.95. The molecule has 0 aliphatic rings. The molecule has 3 heterocycles. The molecular formula is C17H24N6O. The number of nitrogens with zero attached hydrogens (tertiary/aromatic N) is 4. The maximum atomic E-state index is 5.86. The van der Waals surface area contributed by atoms with E-state index in [1.54, 1.807) is 13.3 Å². The van der Waals surface area contributed by atoms with E-state index in [4.69, 9.17) is 15.6 Å². The highest BCUT2D eigenvalue weighted by Gasteiger charge is 2.18. The normalized spacial score (nSPS) is 13.0. The summed E-state index contributed by atoms with van der Waals surface area (Å²) < 4.78 is 2.17. The van der Waals surface area contributed by atoms with Gasteiger partial charge in [-0.3, -0.25) is 4.98 Å². The van der Waals surface area contributed by atoms with Crippen LogP contribution in [0.5, 0.6) is 0 Å². The lowest BCUT2D eigenvalue weighted by Gasteiger charge is -2.12. The first-order valence-corrected chi connectivity index (χ1v) is 8.31. The van der Waals surface area contributed by atoms with Crippen LogP contribution in [0.3, 0.4) is 0 Å². The van der Waals surface area contributed by atoms with Crippen LogP contribution in [0.2, 0.25) is 0 Å². The maximum absolute atomic E-state index is 5.86. The minimum absolute atomic E-state index is 0.159. The summed E-state index contributed by atoms with van der Waals surface area (Å²) in [6.07, 6.45) is 5.74. The number of hydroxylamine groups is 1. The van der Waals surface area contributed by atoms with Gasteiger partial charge in [-0.05, 0) is 25.0 Å². The molecule has 0 aromatic carbocycles. The molecule has 0 bridgehead atoms. The van der Waals surface area contributed by atoms with Crippen molar-refractivity contribution in [3.63, 3.8) is 0 Å². The topological polar surface area (TPSA) is 90.9 Å². The molecule has 24 heavy (non-hydrogen) atoms. The maximum Gasteiger partial charge on any atom is 0.115 e. The van der Waals surface area contributed by atoms with E-state index in [9.17, 15) is 0 Å². The van der Waals surface area contributed by atoms with E-state index in [1.807, 2.05) is 18.5 Å². The van der Waals surface area contributed by atoms with Crippen LogP contribution in [0.25, 0.3) is 22.1 Å². The molecule has 0 saturated carbocycles. The van der Waals surface area contributed by atoms with E-state index in [-0.39, 0.29) is 5.92 Å². The first-order valence-electron chi connectivity index (χ1n) is 8.31. The summed E-state index contributed by atoms with van der Waals surface area (Å²) in [5.74, 6) is 0.159. The Labute approximate surface area is 141 Å². The Hall–Kier alpha value is -2.09. The summed E-state index contributed by atoms with van der Waals surface area (Å²) in [5.41, 5.74) is 13.4. The first-order chi connectivity index (χ1) is 11.8. The van der Waals surface area contributed by atoms with Gasteiger partial charge in [0.25, 0.3) is 0 Å². The number of hydrogen-bond acceptors (Lipinski definition) is 6. The van der Waals surface area contributed by atoms with E-state index in [0.29, 0.717) is 6.54 Å². The van der Waals surface area contributed by atoms with E-state index >= 15 is 0 Å². The van der Waals surface area contributed by atoms with Gasteiger partial charge in [0, 0.05) is 31.7 Å². The van der Waals surface area contributed by atoms with Crippen molar-refractivity contribution >= 4 is 22.1 Å². The smallest absolute Gasteiger partial charge is 0.115 e. The van der Waals surface area contributed by atoms with Gasteiger partial charge in [-0.15, -0.1) is 0 Å². The third-order valence-electron chi connectivity index (χ3n) is 4.22. The van der Waals surface area contributed by atoms with Gasteiger partial charge in [0.2, 0.25) is 0 Å². The molecular weight excluding hydrogens is 304 g/mol. The van der Waals surface area contributed by atoms with Crippen LogP contribution in [-0.4, -0.2) is 39.7 Å². The molecule has 0 spiro atoms. The van der Waals surface area contributed by atoms with Gasteiger partial charge in [-0.1, -0.05) is 6.92 Å². The third-order valence-corrected chi connectivity index (χ3v) is 4.22. The molecule has 7 nitrogen and oxygen atoms in total. The van der Waals surface area contributed by atoms with E-state index in [1.165, 1.54) is 0 Å². The van der Waals surface area contributed by atoms with Gasteiger partial charge in [0.05, 0.1) is 30.2 Å². The van der Waals surface area contributed by atoms with Crippen molar-refractivity contribution < 1.29 is 4.84 Å². The van der Waals surface area contributed by atoms with E-state index < -0.39 is 0 Å². The Morgan fingerprint density at radius 1 is 1.29 bits per heavy atom. The van der Waals surface area contributed by atoms with Gasteiger partial charge >= 0.3 is 0 Å². The molecule has 3 aromatic heterocycles. The zero-order valence-corrected chi connectivity index (χ0v) is 14.2. The fourth-order valence-electron chi connectivity index (χ4n) is 2.88. The van der Waals surface area contributed by atoms with Gasteiger partial charge in [-0.2, -0.15) is 0 Å². The summed E-state index contributed by atoms with van der Waals surface area (Å²) in [7, 11) is 1.63. The van der Waals surface area contributed by atoms with Crippen LogP contribution in [0, 0.1) is 0 Å². The number of nitrogens with one attached hydrogen (secondary N) is 1. The van der Waals surface area contributed by atoms with Crippen molar-refractivity contribution in [1.29, 1.82) is 0 Å². The largest absolute Gasteiger partial charge is 0.330 e. The van der Waals surface area contributed by atoms with Crippen molar-refractivity contribution in [3.8, 4) is 0 Å². The molecule has 0 radical (unpaired) electrons. The fraction of sp³-hybridized carbons (Fsp3) is 0.471. The Balaban J connectivity index is 2.00. The Morgan fingerprint density at radius 2 is 2.17 bits per heavy atom. The number of hydrogen-bond donors (Lipinski definition) is 2. The molecule has 3 N–H and O–H groups in total. The predicted molar refractivity (Wildman–Crippen MR) is 94.5 cm³/mol. The lowest BCUT2D eigenvalue weighted by molar-refractivity contribution is 0.0904. The number of nitrogens with two attached hydrogens (primary N) is 1. The summed E-state index contributed by atoms with van der Waals surface area (Å²) in [5, 5.41) is 0. The van der Waals surface area contributed by atoms with Gasteiger partial charge in [0.1, 0.15) is 11.0 Å². The number of aryl methyl sites for hydroxylation is 1. The quantitative estimate of drug-likeness (QED) is 0.485. The molecule has 0 aliphatic heterocycles. The zero-order chi connectivity index (χ0) is 16.9. The third kappa shape index (κ3) is 3.24. The minimum atomic E-state index is 0.159. The van der Waals surface area contributed by atoms with Crippen LogP contribution >= 0.6 is 0 Å². The number of pyridine rings is 2. The van der Waals surface area contributed by atoms with Crippen molar-refractivity contribution in [2.24, 2.45) is 5.73 Å². The molecule has 3 aromatic rings. The molecule has 0 aliphatic carbocycles. The Kier molecular flexibility index (Phi) is 5.34. The molecule has 1 atom stereocenters. The zero-order valence-electron chi connectivity index (χ0n) is 14.2. The van der Waals surface area contributed by atoms with Gasteiger partial charge < -0.3 is 15.1 Å². The molecule has 0 fully saturated rings. The Morgan fingerprint density at radius 3 is 2.96 bits per heavy atom. The van der Waals surface area contributed by atoms with Crippen LogP contribution in [0.1, 0.15) is 31.4 Å². The molecule has 7 heteroatoms. The molecule has 3 rings (SSSR count). The standard InChI is InChI=1S/C17H24N6O/c1-12(10-18)14-16-17(15-13(22-14)6-5-7-19-15)23(11-20-16)9-4-3-8-21-24-2/h5-7,11-12,21H,3-4,8-10,18H2,1-2H3. The first kappa shape index (κ1) is 16.8. The summed E-state index contributed by atoms with van der Waals surface area (Å²) in [6.45, 7) is 4.34. The average Bonchev–Trinajstić information content (AvgIpc) is 3.04. The lowest BCUT2D eigenvalue weighted by Crippen LogP contribution is -2.13. The second-order valence-electron chi connectivity index (χ2n) is 5.95. The van der Waals surface area contributed by atoms with Gasteiger partial charge in [-0.25, -0.2) is 15.4 Å². The Bertz CT molecular complexity index is 815. The number of imidazole rings is 1. The highest BCUT2D eigenvalue weighted by atomic mass is 16.6. The lowest BCUT2D eigenvalue weighted by atomic mass is 10.1. The monoisotopic (exact) mass is 328 g/mol. The summed E-state index contributed by atoms with van der Waals surface area (Å²) in [6, 6.07) is 3.91. The van der Waals surface area contributed by atoms with Crippen LogP contribution < -0.4 is 11.2 Å². The molecule has 1 unspecified atom stereocenters. The van der Waals surface area contributed by atoms with Crippen molar-refractivity contribution in [1.82, 2.24) is 25.0 Å². The number of fused-ring (bicyclic) bond motifs is 3. The number of rotatable bonds is 8. The van der Waals surface area contributed by atoms with E-state index in [0.717, 1.165) is 53.7 Å². The van der Waals surface area contributed by atoms with Crippen LogP contribution in [-0.2, 0) is 11.4 Å². The average molecular weight is 328 g/mol. The van der Waals surface area contributed by atoms with Crippen LogP contribution in [0.4, 0.5) is 0 Å².